The molecule has 0 aromatic carbocycles. The van der Waals surface area contributed by atoms with E-state index in [9.17, 15) is 22.4 Å². The van der Waals surface area contributed by atoms with Crippen LogP contribution in [0.2, 0.25) is 0 Å². The third-order valence-electron chi connectivity index (χ3n) is 4.99. The van der Waals surface area contributed by atoms with Gasteiger partial charge in [0.25, 0.3) is 0 Å². The molecule has 0 radical (unpaired) electrons. The maximum absolute atomic E-state index is 13.0. The van der Waals surface area contributed by atoms with E-state index in [1.165, 1.54) is 12.4 Å². The molecular formula is C18H19F4N5O3S. The van der Waals surface area contributed by atoms with Gasteiger partial charge in [-0.25, -0.2) is 24.1 Å². The van der Waals surface area contributed by atoms with E-state index in [4.69, 9.17) is 9.90 Å². The highest BCUT2D eigenvalue weighted by Crippen LogP contribution is 2.41. The second kappa shape index (κ2) is 8.73. The van der Waals surface area contributed by atoms with Gasteiger partial charge in [0, 0.05) is 36.9 Å². The van der Waals surface area contributed by atoms with Crippen LogP contribution in [0.15, 0.2) is 17.8 Å². The molecule has 2 fully saturated rings. The molecule has 4 rings (SSSR count). The number of aryl methyl sites for hydroxylation is 1. The molecule has 2 saturated heterocycles. The van der Waals surface area contributed by atoms with Gasteiger partial charge in [-0.1, -0.05) is 0 Å². The number of carbonyl (C=O) groups excluding carboxylic acids is 1. The van der Waals surface area contributed by atoms with Gasteiger partial charge in [-0.15, -0.1) is 11.3 Å². The highest BCUT2D eigenvalue weighted by Gasteiger charge is 2.48. The van der Waals surface area contributed by atoms with Crippen molar-refractivity contribution in [1.29, 1.82) is 0 Å². The zero-order valence-corrected chi connectivity index (χ0v) is 17.2. The Hall–Kier alpha value is -2.83. The van der Waals surface area contributed by atoms with Gasteiger partial charge in [-0.05, 0) is 13.3 Å². The van der Waals surface area contributed by atoms with E-state index in [-0.39, 0.29) is 11.3 Å². The molecule has 13 heteroatoms. The summed E-state index contributed by atoms with van der Waals surface area (Å²) in [5.74, 6) is -2.47. The molecule has 1 N–H and O–H groups in total. The lowest BCUT2D eigenvalue weighted by molar-refractivity contribution is -0.192. The topological polar surface area (TPSA) is 99.5 Å². The Morgan fingerprint density at radius 2 is 1.94 bits per heavy atom. The lowest BCUT2D eigenvalue weighted by Crippen LogP contribution is -2.31. The van der Waals surface area contributed by atoms with Crippen molar-refractivity contribution in [3.63, 3.8) is 0 Å². The number of aliphatic carboxylic acids is 1. The van der Waals surface area contributed by atoms with Crippen LogP contribution in [0.4, 0.5) is 23.5 Å². The van der Waals surface area contributed by atoms with Crippen molar-refractivity contribution >= 4 is 29.2 Å². The van der Waals surface area contributed by atoms with Crippen molar-refractivity contribution in [3.05, 3.63) is 34.3 Å². The van der Waals surface area contributed by atoms with Gasteiger partial charge >= 0.3 is 12.1 Å². The quantitative estimate of drug-likeness (QED) is 0.702. The molecule has 0 bridgehead atoms. The fourth-order valence-corrected chi connectivity index (χ4v) is 4.25. The molecule has 1 atom stereocenters. The summed E-state index contributed by atoms with van der Waals surface area (Å²) in [4.78, 5) is 37.8. The number of likely N-dealkylation sites (tertiary alicyclic amines) is 1. The number of aromatic nitrogens is 3. The molecule has 2 aliphatic heterocycles. The minimum Gasteiger partial charge on any atom is -0.475 e. The lowest BCUT2D eigenvalue weighted by atomic mass is 9.86. The van der Waals surface area contributed by atoms with Crippen LogP contribution in [0.3, 0.4) is 0 Å². The Bertz CT molecular complexity index is 952. The Morgan fingerprint density at radius 1 is 1.29 bits per heavy atom. The van der Waals surface area contributed by atoms with Crippen LogP contribution in [-0.2, 0) is 16.1 Å². The van der Waals surface area contributed by atoms with Gasteiger partial charge in [-0.3, -0.25) is 4.79 Å². The second-order valence-corrected chi connectivity index (χ2v) is 8.52. The molecule has 31 heavy (non-hydrogen) atoms. The average molecular weight is 461 g/mol. The maximum Gasteiger partial charge on any atom is 0.490 e. The number of hydrogen-bond acceptors (Lipinski definition) is 7. The van der Waals surface area contributed by atoms with Crippen molar-refractivity contribution in [3.8, 4) is 0 Å². The van der Waals surface area contributed by atoms with Gasteiger partial charge < -0.3 is 14.9 Å². The molecule has 1 unspecified atom stereocenters. The third kappa shape index (κ3) is 5.66. The van der Waals surface area contributed by atoms with Gasteiger partial charge in [0.2, 0.25) is 11.9 Å². The summed E-state index contributed by atoms with van der Waals surface area (Å²) in [6, 6.07) is 0. The van der Waals surface area contributed by atoms with Gasteiger partial charge in [0.15, 0.2) is 5.82 Å². The van der Waals surface area contributed by atoms with E-state index in [1.54, 1.807) is 11.3 Å². The summed E-state index contributed by atoms with van der Waals surface area (Å²) in [7, 11) is 0. The molecule has 2 aliphatic rings. The number of rotatable bonds is 3. The molecule has 4 heterocycles. The summed E-state index contributed by atoms with van der Waals surface area (Å²) < 4.78 is 44.7. The van der Waals surface area contributed by atoms with Gasteiger partial charge in [0.1, 0.15) is 0 Å². The number of carboxylic acid groups (broad SMARTS) is 1. The first-order chi connectivity index (χ1) is 14.5. The van der Waals surface area contributed by atoms with Crippen LogP contribution in [0, 0.1) is 18.2 Å². The largest absolute Gasteiger partial charge is 0.490 e. The number of carboxylic acids is 1. The molecule has 2 aromatic rings. The Balaban J connectivity index is 0.000000339. The van der Waals surface area contributed by atoms with Crippen LogP contribution in [-0.4, -0.2) is 62.6 Å². The Labute approximate surface area is 178 Å². The van der Waals surface area contributed by atoms with Crippen LogP contribution >= 0.6 is 11.3 Å². The summed E-state index contributed by atoms with van der Waals surface area (Å²) in [6.45, 7) is 4.82. The SMILES string of the molecule is Cc1nc(CN2CC3(CCN(c4ncc(F)cn4)C3)CC2=O)cs1.O=C(O)C(F)(F)F. The molecule has 2 aromatic heterocycles. The molecular weight excluding hydrogens is 442 g/mol. The van der Waals surface area contributed by atoms with E-state index in [1.807, 2.05) is 22.1 Å². The number of anilines is 1. The standard InChI is InChI=1S/C16H18FN5OS.C2HF3O2/c1-11-20-13(8-24-11)7-22-10-16(4-14(22)23)2-3-21(9-16)15-18-5-12(17)6-19-15;3-2(4,5)1(6)7/h5-6,8H,2-4,7,9-10H2,1H3;(H,6,7). The molecule has 0 aliphatic carbocycles. The van der Waals surface area contributed by atoms with E-state index in [2.05, 4.69) is 15.0 Å². The smallest absolute Gasteiger partial charge is 0.475 e. The number of hydrogen-bond donors (Lipinski definition) is 1. The van der Waals surface area contributed by atoms with Crippen LogP contribution < -0.4 is 4.90 Å². The van der Waals surface area contributed by atoms with Crippen LogP contribution in [0.5, 0.6) is 0 Å². The molecule has 8 nitrogen and oxygen atoms in total. The van der Waals surface area contributed by atoms with E-state index in [0.29, 0.717) is 18.9 Å². The van der Waals surface area contributed by atoms with E-state index < -0.39 is 18.0 Å². The van der Waals surface area contributed by atoms with Crippen molar-refractivity contribution in [2.75, 3.05) is 24.5 Å². The van der Waals surface area contributed by atoms with Crippen molar-refractivity contribution < 1.29 is 32.3 Å². The minimum absolute atomic E-state index is 0.0557. The molecule has 0 saturated carbocycles. The minimum atomic E-state index is -5.08. The number of alkyl halides is 3. The second-order valence-electron chi connectivity index (χ2n) is 7.46. The van der Waals surface area contributed by atoms with Crippen molar-refractivity contribution in [2.24, 2.45) is 5.41 Å². The number of amides is 1. The molecule has 1 amide bonds. The molecule has 168 valence electrons. The first-order valence-corrected chi connectivity index (χ1v) is 10.1. The Morgan fingerprint density at radius 3 is 2.48 bits per heavy atom. The highest BCUT2D eigenvalue weighted by atomic mass is 32.1. The normalized spacial score (nSPS) is 20.9. The summed E-state index contributed by atoms with van der Waals surface area (Å²) in [5, 5.41) is 10.2. The number of thiazole rings is 1. The number of halogens is 4. The van der Waals surface area contributed by atoms with Crippen molar-refractivity contribution in [1.82, 2.24) is 19.9 Å². The highest BCUT2D eigenvalue weighted by molar-refractivity contribution is 7.09. The van der Waals surface area contributed by atoms with Crippen LogP contribution in [0.1, 0.15) is 23.5 Å². The van der Waals surface area contributed by atoms with Gasteiger partial charge in [-0.2, -0.15) is 13.2 Å². The maximum atomic E-state index is 13.0. The number of carbonyl (C=O) groups is 2. The summed E-state index contributed by atoms with van der Waals surface area (Å²) in [5.41, 5.74) is 0.902. The molecule has 1 spiro atoms. The first-order valence-electron chi connectivity index (χ1n) is 9.19. The van der Waals surface area contributed by atoms with Crippen molar-refractivity contribution in [2.45, 2.75) is 32.5 Å². The predicted molar refractivity (Wildman–Crippen MR) is 102 cm³/mol. The predicted octanol–water partition coefficient (Wildman–Crippen LogP) is 2.64. The van der Waals surface area contributed by atoms with Crippen LogP contribution in [0.25, 0.3) is 0 Å². The summed E-state index contributed by atoms with van der Waals surface area (Å²) in [6.07, 6.45) is -1.24. The third-order valence-corrected chi connectivity index (χ3v) is 5.82. The zero-order valence-electron chi connectivity index (χ0n) is 16.4. The lowest BCUT2D eigenvalue weighted by Gasteiger charge is -2.23. The Kier molecular flexibility index (Phi) is 6.43. The fourth-order valence-electron chi connectivity index (χ4n) is 3.65. The van der Waals surface area contributed by atoms with Gasteiger partial charge in [0.05, 0.1) is 29.6 Å². The monoisotopic (exact) mass is 461 g/mol. The van der Waals surface area contributed by atoms with E-state index >= 15 is 0 Å². The summed E-state index contributed by atoms with van der Waals surface area (Å²) >= 11 is 1.61. The number of nitrogens with zero attached hydrogens (tertiary/aromatic N) is 5. The average Bonchev–Trinajstić information content (AvgIpc) is 3.36. The fraction of sp³-hybridized carbons (Fsp3) is 0.500. The zero-order chi connectivity index (χ0) is 22.8. The van der Waals surface area contributed by atoms with E-state index in [0.717, 1.165) is 36.8 Å². The first kappa shape index (κ1) is 22.8.